The van der Waals surface area contributed by atoms with E-state index >= 15 is 0 Å². The molecule has 2 rings (SSSR count). The zero-order valence-corrected chi connectivity index (χ0v) is 12.1. The minimum Gasteiger partial charge on any atom is -0.492 e. The average molecular weight is 308 g/mol. The van der Waals surface area contributed by atoms with Gasteiger partial charge in [0, 0.05) is 5.02 Å². The summed E-state index contributed by atoms with van der Waals surface area (Å²) in [6.45, 7) is 0.718. The van der Waals surface area contributed by atoms with Gasteiger partial charge in [0.1, 0.15) is 18.2 Å². The first-order valence-corrected chi connectivity index (χ1v) is 6.91. The van der Waals surface area contributed by atoms with E-state index in [-0.39, 0.29) is 18.1 Å². The molecular weight excluding hydrogens is 293 g/mol. The molecule has 110 valence electrons. The molecule has 0 radical (unpaired) electrons. The van der Waals surface area contributed by atoms with E-state index in [4.69, 9.17) is 16.3 Å². The largest absolute Gasteiger partial charge is 0.492 e. The number of amides is 1. The molecule has 2 aromatic carbocycles. The second-order valence-corrected chi connectivity index (χ2v) is 4.90. The number of rotatable bonds is 6. The Hall–Kier alpha value is -2.07. The van der Waals surface area contributed by atoms with Gasteiger partial charge in [0.25, 0.3) is 0 Å². The maximum absolute atomic E-state index is 13.0. The number of ether oxygens (including phenoxy) is 1. The molecule has 0 atom stereocenters. The fourth-order valence-corrected chi connectivity index (χ4v) is 1.99. The Bertz CT molecular complexity index is 619. The molecule has 1 amide bonds. The van der Waals surface area contributed by atoms with Crippen molar-refractivity contribution in [1.82, 2.24) is 5.32 Å². The molecule has 0 fully saturated rings. The first-order chi connectivity index (χ1) is 10.1. The monoisotopic (exact) mass is 307 g/mol. The fraction of sp³-hybridized carbons (Fsp3) is 0.188. The molecule has 0 bridgehead atoms. The highest BCUT2D eigenvalue weighted by Crippen LogP contribution is 2.16. The van der Waals surface area contributed by atoms with Gasteiger partial charge in [-0.2, -0.15) is 0 Å². The lowest BCUT2D eigenvalue weighted by Gasteiger charge is -2.08. The molecular formula is C16H15ClFNO2. The second kappa shape index (κ2) is 7.64. The minimum absolute atomic E-state index is 0.148. The number of hydrogen-bond acceptors (Lipinski definition) is 2. The van der Waals surface area contributed by atoms with Crippen LogP contribution in [0.3, 0.4) is 0 Å². The van der Waals surface area contributed by atoms with E-state index in [1.165, 1.54) is 12.1 Å². The third-order valence-electron chi connectivity index (χ3n) is 2.74. The lowest BCUT2D eigenvalue weighted by molar-refractivity contribution is -0.120. The number of nitrogens with one attached hydrogen (secondary N) is 1. The topological polar surface area (TPSA) is 38.3 Å². The highest BCUT2D eigenvalue weighted by atomic mass is 35.5. The molecule has 0 saturated carbocycles. The molecule has 0 aliphatic rings. The lowest BCUT2D eigenvalue weighted by Crippen LogP contribution is -2.29. The van der Waals surface area contributed by atoms with Crippen LogP contribution in [0.15, 0.2) is 48.5 Å². The van der Waals surface area contributed by atoms with Crippen LogP contribution in [0, 0.1) is 5.82 Å². The molecule has 2 aromatic rings. The first-order valence-electron chi connectivity index (χ1n) is 6.53. The van der Waals surface area contributed by atoms with Gasteiger partial charge < -0.3 is 10.1 Å². The van der Waals surface area contributed by atoms with Gasteiger partial charge in [-0.15, -0.1) is 0 Å². The van der Waals surface area contributed by atoms with Crippen molar-refractivity contribution >= 4 is 17.5 Å². The number of hydrogen-bond donors (Lipinski definition) is 1. The van der Waals surface area contributed by atoms with Crippen molar-refractivity contribution < 1.29 is 13.9 Å². The molecule has 0 aliphatic carbocycles. The van der Waals surface area contributed by atoms with E-state index < -0.39 is 0 Å². The van der Waals surface area contributed by atoms with Gasteiger partial charge in [-0.3, -0.25) is 4.79 Å². The van der Waals surface area contributed by atoms with Gasteiger partial charge in [0.05, 0.1) is 13.0 Å². The van der Waals surface area contributed by atoms with Crippen LogP contribution >= 0.6 is 11.6 Å². The summed E-state index contributed by atoms with van der Waals surface area (Å²) in [5, 5.41) is 3.32. The van der Waals surface area contributed by atoms with E-state index in [0.717, 1.165) is 0 Å². The summed E-state index contributed by atoms with van der Waals surface area (Å²) in [6, 6.07) is 13.0. The zero-order valence-electron chi connectivity index (χ0n) is 11.3. The smallest absolute Gasteiger partial charge is 0.224 e. The summed E-state index contributed by atoms with van der Waals surface area (Å²) in [5.41, 5.74) is 0.642. The van der Waals surface area contributed by atoms with Gasteiger partial charge >= 0.3 is 0 Å². The summed E-state index contributed by atoms with van der Waals surface area (Å²) >= 11 is 5.83. The molecule has 0 aromatic heterocycles. The van der Waals surface area contributed by atoms with Crippen LogP contribution in [0.1, 0.15) is 5.56 Å². The Morgan fingerprint density at radius 3 is 2.76 bits per heavy atom. The van der Waals surface area contributed by atoms with Gasteiger partial charge in [0.2, 0.25) is 5.91 Å². The van der Waals surface area contributed by atoms with Crippen LogP contribution in [0.2, 0.25) is 5.02 Å². The Balaban J connectivity index is 1.70. The molecule has 0 saturated heterocycles. The van der Waals surface area contributed by atoms with Crippen LogP contribution in [0.25, 0.3) is 0 Å². The summed E-state index contributed by atoms with van der Waals surface area (Å²) < 4.78 is 18.4. The Morgan fingerprint density at radius 2 is 2.00 bits per heavy atom. The predicted octanol–water partition coefficient (Wildman–Crippen LogP) is 3.22. The molecule has 1 N–H and O–H groups in total. The Morgan fingerprint density at radius 1 is 1.19 bits per heavy atom. The van der Waals surface area contributed by atoms with Crippen molar-refractivity contribution in [2.75, 3.05) is 13.2 Å². The van der Waals surface area contributed by atoms with Crippen molar-refractivity contribution in [1.29, 1.82) is 0 Å². The van der Waals surface area contributed by atoms with E-state index in [0.29, 0.717) is 29.5 Å². The summed E-state index contributed by atoms with van der Waals surface area (Å²) in [4.78, 5) is 11.7. The third-order valence-corrected chi connectivity index (χ3v) is 2.98. The molecule has 21 heavy (non-hydrogen) atoms. The van der Waals surface area contributed by atoms with E-state index in [2.05, 4.69) is 5.32 Å². The number of carbonyl (C=O) groups excluding carboxylic acids is 1. The zero-order chi connectivity index (χ0) is 15.1. The minimum atomic E-state index is -0.343. The van der Waals surface area contributed by atoms with Crippen molar-refractivity contribution in [2.24, 2.45) is 0 Å². The van der Waals surface area contributed by atoms with Gasteiger partial charge in [-0.05, 0) is 35.9 Å². The fourth-order valence-electron chi connectivity index (χ4n) is 1.81. The van der Waals surface area contributed by atoms with Crippen LogP contribution in [0.4, 0.5) is 4.39 Å². The average Bonchev–Trinajstić information content (AvgIpc) is 2.44. The number of halogens is 2. The lowest BCUT2D eigenvalue weighted by atomic mass is 10.1. The van der Waals surface area contributed by atoms with Gasteiger partial charge in [-0.1, -0.05) is 29.8 Å². The van der Waals surface area contributed by atoms with E-state index in [1.54, 1.807) is 36.4 Å². The van der Waals surface area contributed by atoms with Crippen molar-refractivity contribution in [3.05, 3.63) is 64.9 Å². The summed E-state index contributed by atoms with van der Waals surface area (Å²) in [5.74, 6) is 0.141. The maximum atomic E-state index is 13.0. The normalized spacial score (nSPS) is 10.2. The SMILES string of the molecule is O=C(Cc1cccc(F)c1)NCCOc1cccc(Cl)c1. The molecule has 0 unspecified atom stereocenters. The van der Waals surface area contributed by atoms with Crippen LogP contribution in [-0.2, 0) is 11.2 Å². The van der Waals surface area contributed by atoms with Crippen LogP contribution in [0.5, 0.6) is 5.75 Å². The standard InChI is InChI=1S/C16H15ClFNO2/c17-13-4-2-6-15(11-13)21-8-7-19-16(20)10-12-3-1-5-14(18)9-12/h1-6,9,11H,7-8,10H2,(H,19,20). The highest BCUT2D eigenvalue weighted by Gasteiger charge is 2.04. The molecule has 0 aliphatic heterocycles. The Kier molecular flexibility index (Phi) is 5.58. The van der Waals surface area contributed by atoms with Crippen molar-refractivity contribution in [2.45, 2.75) is 6.42 Å². The van der Waals surface area contributed by atoms with Crippen molar-refractivity contribution in [3.63, 3.8) is 0 Å². The molecule has 0 heterocycles. The van der Waals surface area contributed by atoms with Gasteiger partial charge in [0.15, 0.2) is 0 Å². The summed E-state index contributed by atoms with van der Waals surface area (Å²) in [7, 11) is 0. The molecule has 5 heteroatoms. The maximum Gasteiger partial charge on any atom is 0.224 e. The van der Waals surface area contributed by atoms with E-state index in [9.17, 15) is 9.18 Å². The third kappa shape index (κ3) is 5.44. The number of benzene rings is 2. The molecule has 0 spiro atoms. The summed E-state index contributed by atoms with van der Waals surface area (Å²) in [6.07, 6.45) is 0.148. The quantitative estimate of drug-likeness (QED) is 0.832. The number of carbonyl (C=O) groups is 1. The van der Waals surface area contributed by atoms with E-state index in [1.807, 2.05) is 0 Å². The van der Waals surface area contributed by atoms with Crippen LogP contribution < -0.4 is 10.1 Å². The van der Waals surface area contributed by atoms with Crippen LogP contribution in [-0.4, -0.2) is 19.1 Å². The van der Waals surface area contributed by atoms with Gasteiger partial charge in [-0.25, -0.2) is 4.39 Å². The first kappa shape index (κ1) is 15.3. The molecule has 3 nitrogen and oxygen atoms in total. The second-order valence-electron chi connectivity index (χ2n) is 4.46. The Labute approximate surface area is 127 Å². The predicted molar refractivity (Wildman–Crippen MR) is 80.1 cm³/mol. The van der Waals surface area contributed by atoms with Crippen molar-refractivity contribution in [3.8, 4) is 5.75 Å². The highest BCUT2D eigenvalue weighted by molar-refractivity contribution is 6.30.